The largest absolute Gasteiger partial charge is 0.405 e. The van der Waals surface area contributed by atoms with Gasteiger partial charge in [-0.25, -0.2) is 4.98 Å². The molecule has 18 heavy (non-hydrogen) atoms. The van der Waals surface area contributed by atoms with Gasteiger partial charge in [0.25, 0.3) is 0 Å². The first-order chi connectivity index (χ1) is 8.38. The molecule has 3 nitrogen and oxygen atoms in total. The van der Waals surface area contributed by atoms with Crippen LogP contribution in [-0.2, 0) is 0 Å². The lowest BCUT2D eigenvalue weighted by Crippen LogP contribution is -2.57. The van der Waals surface area contributed by atoms with Crippen molar-refractivity contribution in [1.29, 1.82) is 0 Å². The molecule has 1 N–H and O–H groups in total. The fraction of sp³-hybridized carbons (Fsp3) is 0.583. The summed E-state index contributed by atoms with van der Waals surface area (Å²) in [6, 6.07) is 2.19. The van der Waals surface area contributed by atoms with Gasteiger partial charge in [0.05, 0.1) is 0 Å². The van der Waals surface area contributed by atoms with Crippen LogP contribution in [0.15, 0.2) is 12.1 Å². The number of alkyl halides is 3. The van der Waals surface area contributed by atoms with Crippen LogP contribution in [0.1, 0.15) is 11.3 Å². The number of piperazine rings is 1. The molecule has 0 aliphatic carbocycles. The van der Waals surface area contributed by atoms with Crippen molar-refractivity contribution in [2.45, 2.75) is 26.1 Å². The van der Waals surface area contributed by atoms with Gasteiger partial charge < -0.3 is 10.2 Å². The molecule has 1 aromatic heterocycles. The first-order valence-electron chi connectivity index (χ1n) is 5.87. The minimum absolute atomic E-state index is 0.0843. The maximum Gasteiger partial charge on any atom is 0.405 e. The van der Waals surface area contributed by atoms with Gasteiger partial charge >= 0.3 is 6.18 Å². The van der Waals surface area contributed by atoms with E-state index in [0.29, 0.717) is 18.9 Å². The zero-order chi connectivity index (χ0) is 13.3. The number of hydrogen-bond donors (Lipinski definition) is 1. The van der Waals surface area contributed by atoms with E-state index >= 15 is 0 Å². The number of aryl methyl sites for hydroxylation is 2. The Balaban J connectivity index is 2.15. The fourth-order valence-corrected chi connectivity index (χ4v) is 1.97. The molecule has 1 saturated heterocycles. The Morgan fingerprint density at radius 1 is 1.33 bits per heavy atom. The molecule has 0 spiro atoms. The molecule has 1 fully saturated rings. The molecule has 1 unspecified atom stereocenters. The summed E-state index contributed by atoms with van der Waals surface area (Å²) in [6.45, 7) is 4.57. The van der Waals surface area contributed by atoms with Gasteiger partial charge in [0.15, 0.2) is 0 Å². The zero-order valence-corrected chi connectivity index (χ0v) is 10.4. The van der Waals surface area contributed by atoms with E-state index < -0.39 is 12.2 Å². The van der Waals surface area contributed by atoms with Crippen LogP contribution in [0.3, 0.4) is 0 Å². The van der Waals surface area contributed by atoms with Crippen molar-refractivity contribution in [3.05, 3.63) is 23.4 Å². The van der Waals surface area contributed by atoms with Crippen LogP contribution in [0.25, 0.3) is 0 Å². The van der Waals surface area contributed by atoms with Crippen molar-refractivity contribution >= 4 is 5.82 Å². The maximum atomic E-state index is 12.7. The van der Waals surface area contributed by atoms with Crippen molar-refractivity contribution in [2.75, 3.05) is 24.5 Å². The van der Waals surface area contributed by atoms with Crippen molar-refractivity contribution < 1.29 is 13.2 Å². The lowest BCUT2D eigenvalue weighted by molar-refractivity contribution is -0.155. The molecule has 1 atom stereocenters. The third-order valence-electron chi connectivity index (χ3n) is 3.23. The minimum Gasteiger partial charge on any atom is -0.353 e. The fourth-order valence-electron chi connectivity index (χ4n) is 1.97. The molecule has 2 heterocycles. The molecule has 1 aliphatic heterocycles. The Morgan fingerprint density at radius 2 is 2.06 bits per heavy atom. The van der Waals surface area contributed by atoms with Crippen LogP contribution < -0.4 is 10.2 Å². The van der Waals surface area contributed by atoms with E-state index in [2.05, 4.69) is 10.3 Å². The van der Waals surface area contributed by atoms with Crippen molar-refractivity contribution in [3.63, 3.8) is 0 Å². The number of anilines is 1. The van der Waals surface area contributed by atoms with E-state index in [1.807, 2.05) is 19.9 Å². The summed E-state index contributed by atoms with van der Waals surface area (Å²) in [5.41, 5.74) is 1.90. The highest BCUT2D eigenvalue weighted by atomic mass is 19.4. The second-order valence-corrected chi connectivity index (χ2v) is 4.57. The average Bonchev–Trinajstić information content (AvgIpc) is 2.32. The van der Waals surface area contributed by atoms with Crippen molar-refractivity contribution in [3.8, 4) is 0 Å². The maximum absolute atomic E-state index is 12.7. The number of nitrogens with zero attached hydrogens (tertiary/aromatic N) is 2. The lowest BCUT2D eigenvalue weighted by Gasteiger charge is -2.35. The summed E-state index contributed by atoms with van der Waals surface area (Å²) >= 11 is 0. The standard InChI is InChI=1S/C12H16F3N3/c1-8-3-4-11(17-9(8)2)18-6-5-16-10(7-18)12(13,14)15/h3-4,10,16H,5-7H2,1-2H3. The van der Waals surface area contributed by atoms with Gasteiger partial charge in [-0.3, -0.25) is 0 Å². The molecule has 0 amide bonds. The second kappa shape index (κ2) is 4.76. The van der Waals surface area contributed by atoms with Crippen LogP contribution in [0.4, 0.5) is 19.0 Å². The third kappa shape index (κ3) is 2.75. The van der Waals surface area contributed by atoms with Crippen LogP contribution in [0.5, 0.6) is 0 Å². The Hall–Kier alpha value is -1.30. The number of halogens is 3. The summed E-state index contributed by atoms with van der Waals surface area (Å²) in [4.78, 5) is 6.03. The molecule has 100 valence electrons. The van der Waals surface area contributed by atoms with Gasteiger partial charge in [-0.05, 0) is 25.5 Å². The Labute approximate surface area is 104 Å². The molecule has 2 rings (SSSR count). The van der Waals surface area contributed by atoms with E-state index in [1.54, 1.807) is 11.0 Å². The number of aromatic nitrogens is 1. The summed E-state index contributed by atoms with van der Waals surface area (Å²) in [5.74, 6) is 0.619. The van der Waals surface area contributed by atoms with Gasteiger partial charge in [0.2, 0.25) is 0 Å². The van der Waals surface area contributed by atoms with Gasteiger partial charge in [0, 0.05) is 25.3 Å². The Bertz CT molecular complexity index is 431. The molecular weight excluding hydrogens is 243 g/mol. The molecule has 1 aliphatic rings. The van der Waals surface area contributed by atoms with E-state index in [0.717, 1.165) is 11.3 Å². The molecule has 0 bridgehead atoms. The van der Waals surface area contributed by atoms with Gasteiger partial charge in [-0.15, -0.1) is 0 Å². The normalized spacial score (nSPS) is 21.2. The molecule has 0 aromatic carbocycles. The van der Waals surface area contributed by atoms with Crippen molar-refractivity contribution in [1.82, 2.24) is 10.3 Å². The first-order valence-corrected chi connectivity index (χ1v) is 5.87. The SMILES string of the molecule is Cc1ccc(N2CCNC(C(F)(F)F)C2)nc1C. The second-order valence-electron chi connectivity index (χ2n) is 4.57. The van der Waals surface area contributed by atoms with Crippen LogP contribution in [0, 0.1) is 13.8 Å². The molecule has 0 radical (unpaired) electrons. The average molecular weight is 259 g/mol. The third-order valence-corrected chi connectivity index (χ3v) is 3.23. The molecular formula is C12H16F3N3. The van der Waals surface area contributed by atoms with Crippen LogP contribution >= 0.6 is 0 Å². The van der Waals surface area contributed by atoms with E-state index in [9.17, 15) is 13.2 Å². The highest BCUT2D eigenvalue weighted by Crippen LogP contribution is 2.24. The molecule has 6 heteroatoms. The smallest absolute Gasteiger partial charge is 0.353 e. The number of pyridine rings is 1. The van der Waals surface area contributed by atoms with E-state index in [1.165, 1.54) is 0 Å². The predicted molar refractivity (Wildman–Crippen MR) is 63.8 cm³/mol. The minimum atomic E-state index is -4.21. The summed E-state index contributed by atoms with van der Waals surface area (Å²) in [7, 11) is 0. The Kier molecular flexibility index (Phi) is 3.47. The number of rotatable bonds is 1. The number of hydrogen-bond acceptors (Lipinski definition) is 3. The quantitative estimate of drug-likeness (QED) is 0.836. The van der Waals surface area contributed by atoms with Gasteiger partial charge in [-0.2, -0.15) is 13.2 Å². The summed E-state index contributed by atoms with van der Waals surface area (Å²) in [6.07, 6.45) is -4.21. The van der Waals surface area contributed by atoms with Crippen LogP contribution in [0.2, 0.25) is 0 Å². The zero-order valence-electron chi connectivity index (χ0n) is 10.4. The monoisotopic (exact) mass is 259 g/mol. The summed E-state index contributed by atoms with van der Waals surface area (Å²) < 4.78 is 38.0. The number of nitrogens with one attached hydrogen (secondary N) is 1. The first kappa shape index (κ1) is 13.1. The van der Waals surface area contributed by atoms with Gasteiger partial charge in [0.1, 0.15) is 11.9 Å². The predicted octanol–water partition coefficient (Wildman–Crippen LogP) is 2.04. The highest BCUT2D eigenvalue weighted by Gasteiger charge is 2.42. The van der Waals surface area contributed by atoms with Gasteiger partial charge in [-0.1, -0.05) is 6.07 Å². The van der Waals surface area contributed by atoms with Crippen molar-refractivity contribution in [2.24, 2.45) is 0 Å². The van der Waals surface area contributed by atoms with Crippen LogP contribution in [-0.4, -0.2) is 36.8 Å². The van der Waals surface area contributed by atoms with E-state index in [-0.39, 0.29) is 6.54 Å². The highest BCUT2D eigenvalue weighted by molar-refractivity contribution is 5.42. The topological polar surface area (TPSA) is 28.2 Å². The molecule has 0 saturated carbocycles. The van der Waals surface area contributed by atoms with E-state index in [4.69, 9.17) is 0 Å². The Morgan fingerprint density at radius 3 is 2.67 bits per heavy atom. The lowest BCUT2D eigenvalue weighted by atomic mass is 10.2. The summed E-state index contributed by atoms with van der Waals surface area (Å²) in [5, 5.41) is 2.49. The molecule has 1 aromatic rings.